The summed E-state index contributed by atoms with van der Waals surface area (Å²) in [4.78, 5) is 8.29. The molecule has 0 saturated heterocycles. The summed E-state index contributed by atoms with van der Waals surface area (Å²) in [6.07, 6.45) is -4.31. The highest BCUT2D eigenvalue weighted by atomic mass is 19.4. The highest BCUT2D eigenvalue weighted by Gasteiger charge is 2.27. The van der Waals surface area contributed by atoms with Crippen LogP contribution in [0.2, 0.25) is 0 Å². The molecule has 1 aliphatic rings. The van der Waals surface area contributed by atoms with Crippen LogP contribution in [0.25, 0.3) is 0 Å². The zero-order chi connectivity index (χ0) is 12.5. The monoisotopic (exact) mass is 247 g/mol. The standard InChI is InChI=1S/C10H12F3N3O/c1-6-7-2-14-3-8(7)16-9(15-6)4-17-5-10(11,12)13/h14H,2-5H2,1H3. The molecule has 1 aromatic rings. The van der Waals surface area contributed by atoms with Gasteiger partial charge in [0.15, 0.2) is 5.82 Å². The maximum atomic E-state index is 11.9. The SMILES string of the molecule is Cc1nc(COCC(F)(F)F)nc2c1CNC2. The molecule has 0 spiro atoms. The van der Waals surface area contributed by atoms with Crippen LogP contribution in [-0.4, -0.2) is 22.8 Å². The first-order valence-corrected chi connectivity index (χ1v) is 5.16. The Kier molecular flexibility index (Phi) is 3.30. The molecule has 7 heteroatoms. The van der Waals surface area contributed by atoms with Gasteiger partial charge in [-0.1, -0.05) is 0 Å². The second-order valence-electron chi connectivity index (χ2n) is 3.86. The summed E-state index contributed by atoms with van der Waals surface area (Å²) in [7, 11) is 0. The molecule has 94 valence electrons. The number of alkyl halides is 3. The topological polar surface area (TPSA) is 47.0 Å². The van der Waals surface area contributed by atoms with Crippen molar-refractivity contribution in [1.82, 2.24) is 15.3 Å². The number of nitrogens with zero attached hydrogens (tertiary/aromatic N) is 2. The van der Waals surface area contributed by atoms with Crippen molar-refractivity contribution in [1.29, 1.82) is 0 Å². The van der Waals surface area contributed by atoms with Gasteiger partial charge in [0.05, 0.1) is 5.69 Å². The Balaban J connectivity index is 2.00. The molecule has 0 amide bonds. The number of aromatic nitrogens is 2. The third-order valence-corrected chi connectivity index (χ3v) is 2.44. The molecule has 0 radical (unpaired) electrons. The highest BCUT2D eigenvalue weighted by molar-refractivity contribution is 5.28. The van der Waals surface area contributed by atoms with Crippen molar-refractivity contribution in [3.05, 3.63) is 22.8 Å². The van der Waals surface area contributed by atoms with E-state index >= 15 is 0 Å². The van der Waals surface area contributed by atoms with Crippen LogP contribution in [0.3, 0.4) is 0 Å². The van der Waals surface area contributed by atoms with E-state index in [0.29, 0.717) is 18.9 Å². The van der Waals surface area contributed by atoms with Gasteiger partial charge in [0.25, 0.3) is 0 Å². The summed E-state index contributed by atoms with van der Waals surface area (Å²) in [5.74, 6) is 0.300. The zero-order valence-corrected chi connectivity index (χ0v) is 9.26. The number of fused-ring (bicyclic) bond motifs is 1. The molecule has 0 saturated carbocycles. The lowest BCUT2D eigenvalue weighted by molar-refractivity contribution is -0.177. The molecule has 1 aromatic heterocycles. The molecule has 0 bridgehead atoms. The largest absolute Gasteiger partial charge is 0.411 e. The van der Waals surface area contributed by atoms with Gasteiger partial charge in [-0.25, -0.2) is 9.97 Å². The van der Waals surface area contributed by atoms with E-state index in [9.17, 15) is 13.2 Å². The Bertz CT molecular complexity index is 420. The van der Waals surface area contributed by atoms with Crippen molar-refractivity contribution in [3.63, 3.8) is 0 Å². The molecule has 0 aliphatic carbocycles. The van der Waals surface area contributed by atoms with E-state index < -0.39 is 12.8 Å². The molecule has 0 aromatic carbocycles. The van der Waals surface area contributed by atoms with Crippen molar-refractivity contribution in [3.8, 4) is 0 Å². The predicted octanol–water partition coefficient (Wildman–Crippen LogP) is 1.47. The average Bonchev–Trinajstić information content (AvgIpc) is 2.64. The average molecular weight is 247 g/mol. The van der Waals surface area contributed by atoms with Crippen molar-refractivity contribution in [2.45, 2.75) is 32.8 Å². The maximum absolute atomic E-state index is 11.9. The third-order valence-electron chi connectivity index (χ3n) is 2.44. The van der Waals surface area contributed by atoms with E-state index in [-0.39, 0.29) is 6.61 Å². The molecule has 0 fully saturated rings. The van der Waals surface area contributed by atoms with Crippen LogP contribution < -0.4 is 5.32 Å². The van der Waals surface area contributed by atoms with E-state index in [2.05, 4.69) is 20.0 Å². The maximum Gasteiger partial charge on any atom is 0.411 e. The fraction of sp³-hybridized carbons (Fsp3) is 0.600. The first kappa shape index (κ1) is 12.3. The number of halogens is 3. The smallest absolute Gasteiger partial charge is 0.364 e. The lowest BCUT2D eigenvalue weighted by atomic mass is 10.2. The molecule has 1 aliphatic heterocycles. The minimum Gasteiger partial charge on any atom is -0.364 e. The van der Waals surface area contributed by atoms with Gasteiger partial charge in [0, 0.05) is 24.3 Å². The summed E-state index contributed by atoms with van der Waals surface area (Å²) in [6, 6.07) is 0. The minimum absolute atomic E-state index is 0.215. The Labute approximate surface area is 96.2 Å². The number of nitrogens with one attached hydrogen (secondary N) is 1. The van der Waals surface area contributed by atoms with Gasteiger partial charge in [0.1, 0.15) is 13.2 Å². The number of hydrogen-bond acceptors (Lipinski definition) is 4. The molecule has 1 N–H and O–H groups in total. The van der Waals surface area contributed by atoms with E-state index in [1.807, 2.05) is 6.92 Å². The van der Waals surface area contributed by atoms with Crippen molar-refractivity contribution < 1.29 is 17.9 Å². The highest BCUT2D eigenvalue weighted by Crippen LogP contribution is 2.18. The van der Waals surface area contributed by atoms with Crippen LogP contribution >= 0.6 is 0 Å². The van der Waals surface area contributed by atoms with Gasteiger partial charge in [-0.3, -0.25) is 0 Å². The summed E-state index contributed by atoms with van der Waals surface area (Å²) < 4.78 is 40.2. The van der Waals surface area contributed by atoms with Crippen LogP contribution in [0.15, 0.2) is 0 Å². The van der Waals surface area contributed by atoms with E-state index in [4.69, 9.17) is 0 Å². The Morgan fingerprint density at radius 3 is 2.76 bits per heavy atom. The van der Waals surface area contributed by atoms with Gasteiger partial charge in [-0.05, 0) is 6.92 Å². The molecule has 2 rings (SSSR count). The Morgan fingerprint density at radius 1 is 1.29 bits per heavy atom. The van der Waals surface area contributed by atoms with Crippen molar-refractivity contribution in [2.75, 3.05) is 6.61 Å². The number of rotatable bonds is 3. The molecular weight excluding hydrogens is 235 g/mol. The van der Waals surface area contributed by atoms with Gasteiger partial charge in [0.2, 0.25) is 0 Å². The number of hydrogen-bond donors (Lipinski definition) is 1. The summed E-state index contributed by atoms with van der Waals surface area (Å²) >= 11 is 0. The first-order valence-electron chi connectivity index (χ1n) is 5.16. The second kappa shape index (κ2) is 4.58. The lowest BCUT2D eigenvalue weighted by Crippen LogP contribution is -2.17. The normalized spacial score (nSPS) is 15.1. The molecule has 17 heavy (non-hydrogen) atoms. The molecule has 4 nitrogen and oxygen atoms in total. The Hall–Kier alpha value is -1.21. The van der Waals surface area contributed by atoms with Crippen LogP contribution in [0.1, 0.15) is 22.8 Å². The molecule has 0 unspecified atom stereocenters. The summed E-state index contributed by atoms with van der Waals surface area (Å²) in [5, 5.41) is 3.11. The Morgan fingerprint density at radius 2 is 2.06 bits per heavy atom. The second-order valence-corrected chi connectivity index (χ2v) is 3.86. The van der Waals surface area contributed by atoms with Crippen LogP contribution in [0.4, 0.5) is 13.2 Å². The van der Waals surface area contributed by atoms with E-state index in [1.165, 1.54) is 0 Å². The van der Waals surface area contributed by atoms with E-state index in [0.717, 1.165) is 17.0 Å². The van der Waals surface area contributed by atoms with Gasteiger partial charge < -0.3 is 10.1 Å². The van der Waals surface area contributed by atoms with Crippen molar-refractivity contribution >= 4 is 0 Å². The molecule has 0 atom stereocenters. The summed E-state index contributed by atoms with van der Waals surface area (Å²) in [6.45, 7) is 1.68. The minimum atomic E-state index is -4.31. The van der Waals surface area contributed by atoms with Crippen LogP contribution in [0.5, 0.6) is 0 Å². The summed E-state index contributed by atoms with van der Waals surface area (Å²) in [5.41, 5.74) is 2.68. The van der Waals surface area contributed by atoms with Crippen LogP contribution in [-0.2, 0) is 24.4 Å². The van der Waals surface area contributed by atoms with Crippen LogP contribution in [0, 0.1) is 6.92 Å². The first-order chi connectivity index (χ1) is 7.96. The van der Waals surface area contributed by atoms with Gasteiger partial charge in [-0.15, -0.1) is 0 Å². The quantitative estimate of drug-likeness (QED) is 0.878. The van der Waals surface area contributed by atoms with E-state index in [1.54, 1.807) is 0 Å². The fourth-order valence-corrected chi connectivity index (χ4v) is 1.72. The molecule has 2 heterocycles. The third kappa shape index (κ3) is 3.13. The number of ether oxygens (including phenoxy) is 1. The fourth-order valence-electron chi connectivity index (χ4n) is 1.72. The predicted molar refractivity (Wildman–Crippen MR) is 53.0 cm³/mol. The number of aryl methyl sites for hydroxylation is 1. The lowest BCUT2D eigenvalue weighted by Gasteiger charge is -2.08. The van der Waals surface area contributed by atoms with Gasteiger partial charge >= 0.3 is 6.18 Å². The molecular formula is C10H12F3N3O. The van der Waals surface area contributed by atoms with Gasteiger partial charge in [-0.2, -0.15) is 13.2 Å². The zero-order valence-electron chi connectivity index (χ0n) is 9.26. The van der Waals surface area contributed by atoms with Crippen molar-refractivity contribution in [2.24, 2.45) is 0 Å².